The number of nitrogens with two attached hydrogens (primary N) is 1. The van der Waals surface area contributed by atoms with Crippen molar-refractivity contribution in [1.29, 1.82) is 0 Å². The summed E-state index contributed by atoms with van der Waals surface area (Å²) in [4.78, 5) is 0. The summed E-state index contributed by atoms with van der Waals surface area (Å²) in [5.74, 6) is -0.203. The molecule has 1 atom stereocenters. The van der Waals surface area contributed by atoms with Crippen LogP contribution in [0.4, 0.5) is 4.39 Å². The van der Waals surface area contributed by atoms with Crippen molar-refractivity contribution in [2.45, 2.75) is 19.4 Å². The van der Waals surface area contributed by atoms with Gasteiger partial charge in [0, 0.05) is 9.61 Å². The maximum Gasteiger partial charge on any atom is 0.123 e. The Labute approximate surface area is 120 Å². The second-order valence-electron chi connectivity index (χ2n) is 4.44. The molecule has 2 aromatic carbocycles. The van der Waals surface area contributed by atoms with Gasteiger partial charge in [-0.05, 0) is 76.9 Å². The molecular formula is C15H15FIN. The van der Waals surface area contributed by atoms with Gasteiger partial charge in [-0.15, -0.1) is 0 Å². The number of hydrogen-bond donors (Lipinski definition) is 1. The van der Waals surface area contributed by atoms with E-state index in [1.807, 2.05) is 25.1 Å². The van der Waals surface area contributed by atoms with Crippen LogP contribution in [0.15, 0.2) is 42.5 Å². The summed E-state index contributed by atoms with van der Waals surface area (Å²) in [6, 6.07) is 12.9. The molecule has 94 valence electrons. The van der Waals surface area contributed by atoms with E-state index in [0.717, 1.165) is 20.3 Å². The van der Waals surface area contributed by atoms with Gasteiger partial charge in [0.25, 0.3) is 0 Å². The standard InChI is InChI=1S/C15H15FIN/c1-10-5-6-13(16)7-12(10)9-15(18)11-3-2-4-14(17)8-11/h2-8,15H,9,18H2,1H3. The molecule has 0 aromatic heterocycles. The molecule has 0 saturated heterocycles. The van der Waals surface area contributed by atoms with Crippen LogP contribution in [0.3, 0.4) is 0 Å². The van der Waals surface area contributed by atoms with Gasteiger partial charge >= 0.3 is 0 Å². The Kier molecular flexibility index (Phi) is 4.35. The lowest BCUT2D eigenvalue weighted by Crippen LogP contribution is -2.14. The van der Waals surface area contributed by atoms with Crippen molar-refractivity contribution >= 4 is 22.6 Å². The van der Waals surface area contributed by atoms with Crippen LogP contribution in [0.2, 0.25) is 0 Å². The molecular weight excluding hydrogens is 340 g/mol. The smallest absolute Gasteiger partial charge is 0.123 e. The van der Waals surface area contributed by atoms with Crippen LogP contribution in [0.1, 0.15) is 22.7 Å². The first-order valence-electron chi connectivity index (χ1n) is 5.82. The number of rotatable bonds is 3. The summed E-state index contributed by atoms with van der Waals surface area (Å²) >= 11 is 2.27. The zero-order valence-corrected chi connectivity index (χ0v) is 12.3. The summed E-state index contributed by atoms with van der Waals surface area (Å²) in [6.07, 6.45) is 0.656. The highest BCUT2D eigenvalue weighted by molar-refractivity contribution is 14.1. The van der Waals surface area contributed by atoms with Crippen molar-refractivity contribution in [3.8, 4) is 0 Å². The van der Waals surface area contributed by atoms with Crippen LogP contribution in [-0.4, -0.2) is 0 Å². The SMILES string of the molecule is Cc1ccc(F)cc1CC(N)c1cccc(I)c1. The predicted octanol–water partition coefficient (Wildman–Crippen LogP) is 3.98. The fourth-order valence-electron chi connectivity index (χ4n) is 1.95. The van der Waals surface area contributed by atoms with Crippen molar-refractivity contribution in [3.05, 3.63) is 68.5 Å². The molecule has 0 amide bonds. The molecule has 0 saturated carbocycles. The lowest BCUT2D eigenvalue weighted by Gasteiger charge is -2.14. The van der Waals surface area contributed by atoms with E-state index >= 15 is 0 Å². The third-order valence-corrected chi connectivity index (χ3v) is 3.70. The minimum absolute atomic E-state index is 0.0970. The molecule has 2 rings (SSSR count). The van der Waals surface area contributed by atoms with Crippen molar-refractivity contribution in [1.82, 2.24) is 0 Å². The van der Waals surface area contributed by atoms with Crippen LogP contribution in [0.25, 0.3) is 0 Å². The second kappa shape index (κ2) is 5.80. The van der Waals surface area contributed by atoms with Gasteiger partial charge in [-0.25, -0.2) is 4.39 Å². The van der Waals surface area contributed by atoms with Gasteiger partial charge in [0.15, 0.2) is 0 Å². The Bertz CT molecular complexity index is 554. The Morgan fingerprint density at radius 2 is 2.00 bits per heavy atom. The molecule has 1 unspecified atom stereocenters. The predicted molar refractivity (Wildman–Crippen MR) is 80.9 cm³/mol. The zero-order chi connectivity index (χ0) is 13.1. The van der Waals surface area contributed by atoms with Crippen LogP contribution in [-0.2, 0) is 6.42 Å². The molecule has 3 heteroatoms. The van der Waals surface area contributed by atoms with E-state index in [2.05, 4.69) is 28.7 Å². The molecule has 0 radical (unpaired) electrons. The Morgan fingerprint density at radius 3 is 2.72 bits per heavy atom. The number of hydrogen-bond acceptors (Lipinski definition) is 1. The first-order chi connectivity index (χ1) is 8.56. The molecule has 0 fully saturated rings. The van der Waals surface area contributed by atoms with E-state index < -0.39 is 0 Å². The normalized spacial score (nSPS) is 12.4. The fourth-order valence-corrected chi connectivity index (χ4v) is 2.52. The maximum atomic E-state index is 13.2. The van der Waals surface area contributed by atoms with Crippen LogP contribution >= 0.6 is 22.6 Å². The number of halogens is 2. The molecule has 0 aliphatic rings. The van der Waals surface area contributed by atoms with E-state index in [1.165, 1.54) is 6.07 Å². The minimum atomic E-state index is -0.203. The van der Waals surface area contributed by atoms with Crippen LogP contribution in [0, 0.1) is 16.3 Å². The molecule has 0 spiro atoms. The fraction of sp³-hybridized carbons (Fsp3) is 0.200. The largest absolute Gasteiger partial charge is 0.324 e. The quantitative estimate of drug-likeness (QED) is 0.829. The summed E-state index contributed by atoms with van der Waals surface area (Å²) in [5.41, 5.74) is 9.33. The zero-order valence-electron chi connectivity index (χ0n) is 10.2. The van der Waals surface area contributed by atoms with Crippen molar-refractivity contribution in [2.75, 3.05) is 0 Å². The summed E-state index contributed by atoms with van der Waals surface area (Å²) in [7, 11) is 0. The van der Waals surface area contributed by atoms with Crippen LogP contribution in [0.5, 0.6) is 0 Å². The van der Waals surface area contributed by atoms with E-state index in [9.17, 15) is 4.39 Å². The highest BCUT2D eigenvalue weighted by Crippen LogP contribution is 2.20. The van der Waals surface area contributed by atoms with Gasteiger partial charge in [0.2, 0.25) is 0 Å². The lowest BCUT2D eigenvalue weighted by atomic mass is 9.97. The van der Waals surface area contributed by atoms with Gasteiger partial charge in [-0.2, -0.15) is 0 Å². The highest BCUT2D eigenvalue weighted by atomic mass is 127. The van der Waals surface area contributed by atoms with Crippen molar-refractivity contribution in [3.63, 3.8) is 0 Å². The second-order valence-corrected chi connectivity index (χ2v) is 5.68. The molecule has 2 N–H and O–H groups in total. The average molecular weight is 355 g/mol. The molecule has 18 heavy (non-hydrogen) atoms. The van der Waals surface area contributed by atoms with E-state index in [-0.39, 0.29) is 11.9 Å². The number of aryl methyl sites for hydroxylation is 1. The van der Waals surface area contributed by atoms with E-state index in [0.29, 0.717) is 6.42 Å². The van der Waals surface area contributed by atoms with Gasteiger partial charge in [0.05, 0.1) is 0 Å². The topological polar surface area (TPSA) is 26.0 Å². The first-order valence-corrected chi connectivity index (χ1v) is 6.90. The van der Waals surface area contributed by atoms with Crippen LogP contribution < -0.4 is 5.73 Å². The van der Waals surface area contributed by atoms with Gasteiger partial charge in [0.1, 0.15) is 5.82 Å². The number of benzene rings is 2. The Balaban J connectivity index is 2.21. The lowest BCUT2D eigenvalue weighted by molar-refractivity contribution is 0.621. The molecule has 0 aliphatic heterocycles. The van der Waals surface area contributed by atoms with E-state index in [4.69, 9.17) is 5.73 Å². The molecule has 2 aromatic rings. The van der Waals surface area contributed by atoms with Crippen molar-refractivity contribution < 1.29 is 4.39 Å². The molecule has 0 aliphatic carbocycles. The van der Waals surface area contributed by atoms with E-state index in [1.54, 1.807) is 12.1 Å². The average Bonchev–Trinajstić information content (AvgIpc) is 2.34. The van der Waals surface area contributed by atoms with Crippen molar-refractivity contribution in [2.24, 2.45) is 5.73 Å². The first kappa shape index (κ1) is 13.5. The maximum absolute atomic E-state index is 13.2. The van der Waals surface area contributed by atoms with Gasteiger partial charge in [-0.1, -0.05) is 18.2 Å². The Morgan fingerprint density at radius 1 is 1.22 bits per heavy atom. The monoisotopic (exact) mass is 355 g/mol. The molecule has 0 heterocycles. The highest BCUT2D eigenvalue weighted by Gasteiger charge is 2.10. The molecule has 1 nitrogen and oxygen atoms in total. The summed E-state index contributed by atoms with van der Waals surface area (Å²) in [5, 5.41) is 0. The third kappa shape index (κ3) is 3.29. The van der Waals surface area contributed by atoms with Gasteiger partial charge in [-0.3, -0.25) is 0 Å². The summed E-state index contributed by atoms with van der Waals surface area (Å²) in [6.45, 7) is 1.98. The summed E-state index contributed by atoms with van der Waals surface area (Å²) < 4.78 is 14.4. The third-order valence-electron chi connectivity index (χ3n) is 3.03. The molecule has 0 bridgehead atoms. The minimum Gasteiger partial charge on any atom is -0.324 e. The Hall–Kier alpha value is -0.940. The van der Waals surface area contributed by atoms with Gasteiger partial charge < -0.3 is 5.73 Å².